The highest BCUT2D eigenvalue weighted by Crippen LogP contribution is 2.40. The second-order valence-electron chi connectivity index (χ2n) is 5.71. The smallest absolute Gasteiger partial charge is 0.391 e. The zero-order valence-corrected chi connectivity index (χ0v) is 11.6. The summed E-state index contributed by atoms with van der Waals surface area (Å²) in [7, 11) is 1.84. The lowest BCUT2D eigenvalue weighted by atomic mass is 9.78. The van der Waals surface area contributed by atoms with E-state index in [9.17, 15) is 18.3 Å². The Kier molecular flexibility index (Phi) is 4.73. The Hall–Kier alpha value is -1.04. The van der Waals surface area contributed by atoms with Crippen LogP contribution in [0.3, 0.4) is 0 Å². The van der Waals surface area contributed by atoms with Crippen molar-refractivity contribution in [1.29, 1.82) is 0 Å². The van der Waals surface area contributed by atoms with E-state index in [4.69, 9.17) is 0 Å². The molecule has 1 aliphatic carbocycles. The van der Waals surface area contributed by atoms with Gasteiger partial charge in [-0.25, -0.2) is 0 Å². The number of alkyl halides is 3. The standard InChI is InChI=1S/C14H21F3N2O/c1-19-12(8-9-18-19)6-7-13(20)10-2-4-11(5-3-10)14(15,16)17/h8-11,13,20H,2-7H2,1H3. The fraction of sp³-hybridized carbons (Fsp3) is 0.786. The van der Waals surface area contributed by atoms with Crippen LogP contribution in [0.15, 0.2) is 12.3 Å². The van der Waals surface area contributed by atoms with Gasteiger partial charge in [0.15, 0.2) is 0 Å². The van der Waals surface area contributed by atoms with Crippen molar-refractivity contribution in [2.45, 2.75) is 50.8 Å². The molecule has 1 saturated carbocycles. The molecule has 1 aromatic heterocycles. The minimum atomic E-state index is -4.08. The highest BCUT2D eigenvalue weighted by Gasteiger charge is 2.42. The van der Waals surface area contributed by atoms with E-state index in [1.54, 1.807) is 10.9 Å². The summed E-state index contributed by atoms with van der Waals surface area (Å²) in [5, 5.41) is 14.2. The van der Waals surface area contributed by atoms with E-state index >= 15 is 0 Å². The minimum absolute atomic E-state index is 0.00169. The maximum Gasteiger partial charge on any atom is 0.391 e. The third-order valence-corrected chi connectivity index (χ3v) is 4.40. The first-order valence-electron chi connectivity index (χ1n) is 7.09. The molecule has 1 fully saturated rings. The highest BCUT2D eigenvalue weighted by atomic mass is 19.4. The highest BCUT2D eigenvalue weighted by molar-refractivity contribution is 5.00. The Morgan fingerprint density at radius 1 is 1.35 bits per heavy atom. The first-order chi connectivity index (χ1) is 9.38. The number of aryl methyl sites for hydroxylation is 2. The molecular weight excluding hydrogens is 269 g/mol. The molecule has 1 atom stereocenters. The van der Waals surface area contributed by atoms with Crippen LogP contribution >= 0.6 is 0 Å². The van der Waals surface area contributed by atoms with Gasteiger partial charge in [0.1, 0.15) is 0 Å². The molecule has 0 spiro atoms. The predicted molar refractivity (Wildman–Crippen MR) is 69.0 cm³/mol. The van der Waals surface area contributed by atoms with E-state index < -0.39 is 18.2 Å². The van der Waals surface area contributed by atoms with E-state index in [1.165, 1.54) is 0 Å². The average molecular weight is 290 g/mol. The number of hydrogen-bond acceptors (Lipinski definition) is 2. The summed E-state index contributed by atoms with van der Waals surface area (Å²) in [6, 6.07) is 1.90. The van der Waals surface area contributed by atoms with Gasteiger partial charge in [0.25, 0.3) is 0 Å². The summed E-state index contributed by atoms with van der Waals surface area (Å²) in [6.45, 7) is 0. The van der Waals surface area contributed by atoms with Crippen LogP contribution in [0.4, 0.5) is 13.2 Å². The number of nitrogens with zero attached hydrogens (tertiary/aromatic N) is 2. The van der Waals surface area contributed by atoms with Crippen LogP contribution in [0.2, 0.25) is 0 Å². The lowest BCUT2D eigenvalue weighted by Crippen LogP contribution is -2.32. The molecule has 0 saturated heterocycles. The van der Waals surface area contributed by atoms with Gasteiger partial charge in [-0.05, 0) is 50.5 Å². The van der Waals surface area contributed by atoms with Crippen molar-refractivity contribution in [1.82, 2.24) is 9.78 Å². The number of aliphatic hydroxyl groups is 1. The molecule has 6 heteroatoms. The van der Waals surface area contributed by atoms with E-state index in [0.717, 1.165) is 5.69 Å². The van der Waals surface area contributed by atoms with Gasteiger partial charge in [-0.3, -0.25) is 4.68 Å². The van der Waals surface area contributed by atoms with Crippen molar-refractivity contribution in [3.8, 4) is 0 Å². The molecule has 1 N–H and O–H groups in total. The summed E-state index contributed by atoms with van der Waals surface area (Å²) in [6.07, 6.45) is -0.362. The monoisotopic (exact) mass is 290 g/mol. The fourth-order valence-corrected chi connectivity index (χ4v) is 3.01. The predicted octanol–water partition coefficient (Wildman–Crippen LogP) is 3.08. The molecule has 1 unspecified atom stereocenters. The van der Waals surface area contributed by atoms with E-state index in [2.05, 4.69) is 5.10 Å². The molecule has 0 radical (unpaired) electrons. The van der Waals surface area contributed by atoms with Crippen molar-refractivity contribution < 1.29 is 18.3 Å². The van der Waals surface area contributed by atoms with Gasteiger partial charge in [-0.1, -0.05) is 0 Å². The molecule has 1 aliphatic rings. The molecule has 1 aromatic rings. The summed E-state index contributed by atoms with van der Waals surface area (Å²) in [5.41, 5.74) is 1.04. The molecule has 2 rings (SSSR count). The molecule has 0 aliphatic heterocycles. The second kappa shape index (κ2) is 6.16. The van der Waals surface area contributed by atoms with Crippen molar-refractivity contribution in [2.24, 2.45) is 18.9 Å². The lowest BCUT2D eigenvalue weighted by Gasteiger charge is -2.32. The van der Waals surface area contributed by atoms with Crippen molar-refractivity contribution in [2.75, 3.05) is 0 Å². The number of aromatic nitrogens is 2. The molecule has 3 nitrogen and oxygen atoms in total. The lowest BCUT2D eigenvalue weighted by molar-refractivity contribution is -0.185. The summed E-state index contributed by atoms with van der Waals surface area (Å²) >= 11 is 0. The Bertz CT molecular complexity index is 422. The van der Waals surface area contributed by atoms with Gasteiger partial charge in [0.05, 0.1) is 12.0 Å². The first kappa shape index (κ1) is 15.4. The molecule has 0 amide bonds. The van der Waals surface area contributed by atoms with Crippen LogP contribution < -0.4 is 0 Å². The van der Waals surface area contributed by atoms with Crippen LogP contribution in [0.1, 0.15) is 37.8 Å². The normalized spacial score (nSPS) is 25.6. The third kappa shape index (κ3) is 3.75. The fourth-order valence-electron chi connectivity index (χ4n) is 3.01. The van der Waals surface area contributed by atoms with E-state index in [-0.39, 0.29) is 18.8 Å². The number of halogens is 3. The number of hydrogen-bond donors (Lipinski definition) is 1. The Morgan fingerprint density at radius 2 is 2.00 bits per heavy atom. The summed E-state index contributed by atoms with van der Waals surface area (Å²) in [5.74, 6) is -1.18. The van der Waals surface area contributed by atoms with Gasteiger partial charge in [0, 0.05) is 18.9 Å². The van der Waals surface area contributed by atoms with Crippen molar-refractivity contribution in [3.63, 3.8) is 0 Å². The number of rotatable bonds is 4. The van der Waals surface area contributed by atoms with Crippen LogP contribution in [0.25, 0.3) is 0 Å². The summed E-state index contributed by atoms with van der Waals surface area (Å²) < 4.78 is 39.5. The first-order valence-corrected chi connectivity index (χ1v) is 7.09. The molecule has 0 bridgehead atoms. The zero-order valence-electron chi connectivity index (χ0n) is 11.6. The van der Waals surface area contributed by atoms with E-state index in [0.29, 0.717) is 25.7 Å². The molecule has 0 aromatic carbocycles. The van der Waals surface area contributed by atoms with Crippen LogP contribution in [-0.4, -0.2) is 27.2 Å². The van der Waals surface area contributed by atoms with Crippen molar-refractivity contribution in [3.05, 3.63) is 18.0 Å². The average Bonchev–Trinajstić information content (AvgIpc) is 2.81. The largest absolute Gasteiger partial charge is 0.393 e. The Balaban J connectivity index is 1.77. The quantitative estimate of drug-likeness (QED) is 0.925. The topological polar surface area (TPSA) is 38.0 Å². The van der Waals surface area contributed by atoms with Gasteiger partial charge < -0.3 is 5.11 Å². The van der Waals surface area contributed by atoms with Crippen LogP contribution in [-0.2, 0) is 13.5 Å². The van der Waals surface area contributed by atoms with E-state index in [1.807, 2.05) is 13.1 Å². The van der Waals surface area contributed by atoms with Crippen LogP contribution in [0, 0.1) is 11.8 Å². The SMILES string of the molecule is Cn1nccc1CCC(O)C1CCC(C(F)(F)F)CC1. The maximum atomic E-state index is 12.6. The van der Waals surface area contributed by atoms with Crippen LogP contribution in [0.5, 0.6) is 0 Å². The third-order valence-electron chi connectivity index (χ3n) is 4.40. The van der Waals surface area contributed by atoms with Gasteiger partial charge in [0.2, 0.25) is 0 Å². The Labute approximate surface area is 116 Å². The molecule has 20 heavy (non-hydrogen) atoms. The minimum Gasteiger partial charge on any atom is -0.393 e. The van der Waals surface area contributed by atoms with Gasteiger partial charge >= 0.3 is 6.18 Å². The Morgan fingerprint density at radius 3 is 2.50 bits per heavy atom. The second-order valence-corrected chi connectivity index (χ2v) is 5.71. The van der Waals surface area contributed by atoms with Gasteiger partial charge in [-0.15, -0.1) is 0 Å². The van der Waals surface area contributed by atoms with Gasteiger partial charge in [-0.2, -0.15) is 18.3 Å². The zero-order chi connectivity index (χ0) is 14.8. The maximum absolute atomic E-state index is 12.6. The molecule has 1 heterocycles. The van der Waals surface area contributed by atoms with Crippen molar-refractivity contribution >= 4 is 0 Å². The summed E-state index contributed by atoms with van der Waals surface area (Å²) in [4.78, 5) is 0. The molecular formula is C14H21F3N2O. The molecule has 114 valence electrons. The number of aliphatic hydroxyl groups excluding tert-OH is 1.